The first kappa shape index (κ1) is 8.03. The van der Waals surface area contributed by atoms with Crippen molar-refractivity contribution in [3.63, 3.8) is 0 Å². The molecule has 1 aliphatic rings. The van der Waals surface area contributed by atoms with Crippen molar-refractivity contribution in [3.8, 4) is 0 Å². The molecule has 0 amide bonds. The lowest BCUT2D eigenvalue weighted by Crippen LogP contribution is -2.45. The van der Waals surface area contributed by atoms with Crippen LogP contribution in [0.4, 0.5) is 0 Å². The molecule has 2 N–H and O–H groups in total. The van der Waals surface area contributed by atoms with Gasteiger partial charge >= 0.3 is 5.97 Å². The second-order valence-corrected chi connectivity index (χ2v) is 2.07. The average Bonchev–Trinajstić information content (AvgIpc) is 2.04. The van der Waals surface area contributed by atoms with Crippen LogP contribution in [0.5, 0.6) is 0 Å². The molecule has 5 nitrogen and oxygen atoms in total. The lowest BCUT2D eigenvalue weighted by Gasteiger charge is -2.30. The minimum absolute atomic E-state index is 0.570. The van der Waals surface area contributed by atoms with E-state index in [1.165, 1.54) is 0 Å². The van der Waals surface area contributed by atoms with E-state index < -0.39 is 25.0 Å². The maximum absolute atomic E-state index is 10.6. The Morgan fingerprint density at radius 1 is 1.45 bits per heavy atom. The molecule has 0 aromatic heterocycles. The quantitative estimate of drug-likeness (QED) is 0.494. The number of rotatable bonds is 2. The molecule has 0 aliphatic carbocycles. The third kappa shape index (κ3) is 1.50. The summed E-state index contributed by atoms with van der Waals surface area (Å²) in [5.74, 6) is -2.23. The Hall–Kier alpha value is -1.07. The number of ether oxygens (including phenoxy) is 2. The molecule has 0 radical (unpaired) electrons. The van der Waals surface area contributed by atoms with E-state index in [-0.39, 0.29) is 0 Å². The van der Waals surface area contributed by atoms with E-state index >= 15 is 0 Å². The van der Waals surface area contributed by atoms with E-state index in [0.717, 1.165) is 12.3 Å². The normalized spacial score (nSPS) is 20.7. The average molecular weight is 160 g/mol. The fourth-order valence-electron chi connectivity index (χ4n) is 0.644. The molecule has 0 saturated carbocycles. The molecular weight excluding hydrogens is 152 g/mol. The Morgan fingerprint density at radius 2 is 2.09 bits per heavy atom. The Balaban J connectivity index is 2.71. The van der Waals surface area contributed by atoms with Crippen LogP contribution >= 0.6 is 0 Å². The van der Waals surface area contributed by atoms with Crippen LogP contribution in [0.2, 0.25) is 0 Å². The van der Waals surface area contributed by atoms with Gasteiger partial charge in [0.15, 0.2) is 0 Å². The van der Waals surface area contributed by atoms with E-state index in [1.807, 2.05) is 0 Å². The summed E-state index contributed by atoms with van der Waals surface area (Å²) in [4.78, 5) is 10.6. The van der Waals surface area contributed by atoms with Crippen LogP contribution in [0, 0.1) is 0 Å². The number of carbonyl (C=O) groups excluding carboxylic acids is 1. The summed E-state index contributed by atoms with van der Waals surface area (Å²) in [5.41, 5.74) is 0. The highest BCUT2D eigenvalue weighted by atomic mass is 16.7. The van der Waals surface area contributed by atoms with Gasteiger partial charge in [-0.25, -0.2) is 4.79 Å². The molecule has 0 aromatic rings. The Labute approximate surface area is 62.8 Å². The van der Waals surface area contributed by atoms with Crippen LogP contribution in [0.3, 0.4) is 0 Å². The molecule has 1 aliphatic heterocycles. The molecule has 11 heavy (non-hydrogen) atoms. The standard InChI is InChI=1S/C6H8O5/c7-3-6(4-8)10-2-1-5(9)11-6/h1-2,7-8H,3-4H2. The molecule has 62 valence electrons. The van der Waals surface area contributed by atoms with Crippen LogP contribution in [0.25, 0.3) is 0 Å². The van der Waals surface area contributed by atoms with Gasteiger partial charge in [-0.05, 0) is 0 Å². The molecule has 0 bridgehead atoms. The van der Waals surface area contributed by atoms with Crippen LogP contribution in [-0.4, -0.2) is 35.2 Å². The maximum Gasteiger partial charge on any atom is 0.337 e. The predicted octanol–water partition coefficient (Wildman–Crippen LogP) is -1.25. The second-order valence-electron chi connectivity index (χ2n) is 2.07. The van der Waals surface area contributed by atoms with Gasteiger partial charge in [0, 0.05) is 0 Å². The molecule has 0 atom stereocenters. The molecule has 0 saturated heterocycles. The third-order valence-corrected chi connectivity index (χ3v) is 1.26. The largest absolute Gasteiger partial charge is 0.455 e. The van der Waals surface area contributed by atoms with Gasteiger partial charge in [-0.1, -0.05) is 0 Å². The zero-order valence-electron chi connectivity index (χ0n) is 5.69. The highest BCUT2D eigenvalue weighted by Crippen LogP contribution is 2.16. The van der Waals surface area contributed by atoms with Crippen molar-refractivity contribution >= 4 is 5.97 Å². The van der Waals surface area contributed by atoms with E-state index in [2.05, 4.69) is 4.74 Å². The number of cyclic esters (lactones) is 1. The van der Waals surface area contributed by atoms with E-state index in [9.17, 15) is 4.79 Å². The maximum atomic E-state index is 10.6. The van der Waals surface area contributed by atoms with Gasteiger partial charge in [-0.2, -0.15) is 0 Å². The molecule has 5 heteroatoms. The lowest BCUT2D eigenvalue weighted by atomic mass is 10.3. The highest BCUT2D eigenvalue weighted by Gasteiger charge is 2.36. The summed E-state index contributed by atoms with van der Waals surface area (Å²) in [6.45, 7) is -1.14. The number of hydrogen-bond donors (Lipinski definition) is 2. The van der Waals surface area contributed by atoms with Crippen molar-refractivity contribution in [1.82, 2.24) is 0 Å². The van der Waals surface area contributed by atoms with E-state index in [4.69, 9.17) is 14.9 Å². The lowest BCUT2D eigenvalue weighted by molar-refractivity contribution is -0.242. The summed E-state index contributed by atoms with van der Waals surface area (Å²) >= 11 is 0. The Bertz CT molecular complexity index is 181. The number of esters is 1. The third-order valence-electron chi connectivity index (χ3n) is 1.26. The van der Waals surface area contributed by atoms with E-state index in [1.54, 1.807) is 0 Å². The summed E-state index contributed by atoms with van der Waals surface area (Å²) in [5, 5.41) is 17.3. The topological polar surface area (TPSA) is 76.0 Å². The molecule has 0 aromatic carbocycles. The first-order chi connectivity index (χ1) is 5.22. The van der Waals surface area contributed by atoms with Gasteiger partial charge in [0.1, 0.15) is 13.2 Å². The molecule has 0 fully saturated rings. The molecule has 0 unspecified atom stereocenters. The Morgan fingerprint density at radius 3 is 2.45 bits per heavy atom. The van der Waals surface area contributed by atoms with Crippen molar-refractivity contribution in [2.45, 2.75) is 5.79 Å². The number of aliphatic hydroxyl groups excluding tert-OH is 2. The first-order valence-electron chi connectivity index (χ1n) is 3.01. The van der Waals surface area contributed by atoms with Crippen molar-refractivity contribution in [2.24, 2.45) is 0 Å². The minimum Gasteiger partial charge on any atom is -0.455 e. The minimum atomic E-state index is -1.59. The van der Waals surface area contributed by atoms with Crippen LogP contribution < -0.4 is 0 Å². The fourth-order valence-corrected chi connectivity index (χ4v) is 0.644. The van der Waals surface area contributed by atoms with Gasteiger partial charge in [-0.15, -0.1) is 0 Å². The summed E-state index contributed by atoms with van der Waals surface area (Å²) in [6, 6.07) is 0. The Kier molecular flexibility index (Phi) is 2.11. The number of carbonyl (C=O) groups is 1. The SMILES string of the molecule is O=C1C=COC(CO)(CO)O1. The van der Waals surface area contributed by atoms with Gasteiger partial charge in [0.25, 0.3) is 5.79 Å². The zero-order chi connectivity index (χ0) is 8.32. The zero-order valence-corrected chi connectivity index (χ0v) is 5.69. The van der Waals surface area contributed by atoms with Crippen LogP contribution in [0.1, 0.15) is 0 Å². The first-order valence-corrected chi connectivity index (χ1v) is 3.01. The molecule has 1 rings (SSSR count). The number of aliphatic hydroxyl groups is 2. The highest BCUT2D eigenvalue weighted by molar-refractivity contribution is 5.82. The monoisotopic (exact) mass is 160 g/mol. The molecule has 1 heterocycles. The van der Waals surface area contributed by atoms with Crippen molar-refractivity contribution < 1.29 is 24.5 Å². The van der Waals surface area contributed by atoms with Gasteiger partial charge < -0.3 is 19.7 Å². The van der Waals surface area contributed by atoms with Gasteiger partial charge in [0.2, 0.25) is 0 Å². The van der Waals surface area contributed by atoms with Crippen molar-refractivity contribution in [3.05, 3.63) is 12.3 Å². The van der Waals surface area contributed by atoms with Crippen molar-refractivity contribution in [2.75, 3.05) is 13.2 Å². The molecular formula is C6H8O5. The predicted molar refractivity (Wildman–Crippen MR) is 33.2 cm³/mol. The van der Waals surface area contributed by atoms with Gasteiger partial charge in [0.05, 0.1) is 12.3 Å². The second kappa shape index (κ2) is 2.89. The number of hydrogen-bond acceptors (Lipinski definition) is 5. The van der Waals surface area contributed by atoms with Crippen molar-refractivity contribution in [1.29, 1.82) is 0 Å². The summed E-state index contributed by atoms with van der Waals surface area (Å²) in [7, 11) is 0. The smallest absolute Gasteiger partial charge is 0.337 e. The molecule has 0 spiro atoms. The van der Waals surface area contributed by atoms with Crippen LogP contribution in [0.15, 0.2) is 12.3 Å². The summed E-state index contributed by atoms with van der Waals surface area (Å²) < 4.78 is 9.24. The van der Waals surface area contributed by atoms with Crippen LogP contribution in [-0.2, 0) is 14.3 Å². The summed E-state index contributed by atoms with van der Waals surface area (Å²) in [6.07, 6.45) is 2.14. The van der Waals surface area contributed by atoms with Gasteiger partial charge in [-0.3, -0.25) is 0 Å². The fraction of sp³-hybridized carbons (Fsp3) is 0.500. The van der Waals surface area contributed by atoms with E-state index in [0.29, 0.717) is 0 Å².